The zero-order valence-corrected chi connectivity index (χ0v) is 17.8. The van der Waals surface area contributed by atoms with Gasteiger partial charge in [0.25, 0.3) is 5.91 Å². The van der Waals surface area contributed by atoms with Gasteiger partial charge in [-0.15, -0.1) is 0 Å². The summed E-state index contributed by atoms with van der Waals surface area (Å²) in [4.78, 5) is 17.6. The number of benzene rings is 2. The lowest BCUT2D eigenvalue weighted by atomic mass is 10.1. The van der Waals surface area contributed by atoms with Gasteiger partial charge in [0, 0.05) is 26.2 Å². The molecule has 0 saturated carbocycles. The largest absolute Gasteiger partial charge is 0.495 e. The fourth-order valence-corrected chi connectivity index (χ4v) is 3.80. The molecule has 156 valence electrons. The van der Waals surface area contributed by atoms with E-state index in [4.69, 9.17) is 9.84 Å². The molecule has 0 bridgehead atoms. The van der Waals surface area contributed by atoms with Crippen LogP contribution in [-0.2, 0) is 0 Å². The molecule has 6 heteroatoms. The third-order valence-electron chi connectivity index (χ3n) is 5.53. The predicted octanol–water partition coefficient (Wildman–Crippen LogP) is 3.97. The number of amides is 1. The normalized spacial score (nSPS) is 14.3. The van der Waals surface area contributed by atoms with Crippen LogP contribution < -0.4 is 9.64 Å². The summed E-state index contributed by atoms with van der Waals surface area (Å²) in [5, 5.41) is 4.72. The van der Waals surface area contributed by atoms with Crippen LogP contribution >= 0.6 is 0 Å². The monoisotopic (exact) mass is 404 g/mol. The Balaban J connectivity index is 1.55. The van der Waals surface area contributed by atoms with E-state index in [2.05, 4.69) is 24.8 Å². The summed E-state index contributed by atoms with van der Waals surface area (Å²) in [6.45, 7) is 7.04. The Kier molecular flexibility index (Phi) is 5.74. The summed E-state index contributed by atoms with van der Waals surface area (Å²) in [5.74, 6) is 1.14. The molecule has 1 aromatic heterocycles. The number of aromatic nitrogens is 2. The first-order chi connectivity index (χ1) is 14.6. The molecule has 1 saturated heterocycles. The Morgan fingerprint density at radius 3 is 2.30 bits per heavy atom. The number of piperazine rings is 1. The molecule has 3 aromatic rings. The molecule has 0 radical (unpaired) electrons. The van der Waals surface area contributed by atoms with E-state index in [1.54, 1.807) is 11.8 Å². The smallest absolute Gasteiger partial charge is 0.272 e. The van der Waals surface area contributed by atoms with Crippen LogP contribution in [0.1, 0.15) is 35.9 Å². The average Bonchev–Trinajstić information content (AvgIpc) is 3.25. The number of ether oxygens (including phenoxy) is 1. The second-order valence-electron chi connectivity index (χ2n) is 7.81. The minimum Gasteiger partial charge on any atom is -0.495 e. The Hall–Kier alpha value is -3.28. The van der Waals surface area contributed by atoms with Crippen molar-refractivity contribution < 1.29 is 9.53 Å². The molecule has 0 N–H and O–H groups in total. The number of para-hydroxylation sites is 3. The lowest BCUT2D eigenvalue weighted by molar-refractivity contribution is 0.0737. The first kappa shape index (κ1) is 20.0. The van der Waals surface area contributed by atoms with Crippen LogP contribution in [0.5, 0.6) is 5.75 Å². The number of carbonyl (C=O) groups is 1. The number of hydrogen-bond donors (Lipinski definition) is 0. The van der Waals surface area contributed by atoms with Gasteiger partial charge in [0.05, 0.1) is 24.2 Å². The van der Waals surface area contributed by atoms with Crippen molar-refractivity contribution in [3.8, 4) is 11.4 Å². The van der Waals surface area contributed by atoms with E-state index in [-0.39, 0.29) is 11.8 Å². The van der Waals surface area contributed by atoms with Crippen molar-refractivity contribution in [2.75, 3.05) is 38.2 Å². The number of nitrogens with zero attached hydrogens (tertiary/aromatic N) is 4. The highest BCUT2D eigenvalue weighted by Gasteiger charge is 2.27. The van der Waals surface area contributed by atoms with Gasteiger partial charge in [0.2, 0.25) is 0 Å². The number of rotatable bonds is 5. The zero-order valence-electron chi connectivity index (χ0n) is 17.8. The van der Waals surface area contributed by atoms with Crippen molar-refractivity contribution in [3.63, 3.8) is 0 Å². The molecule has 0 atom stereocenters. The molecular weight excluding hydrogens is 376 g/mol. The molecule has 6 nitrogen and oxygen atoms in total. The van der Waals surface area contributed by atoms with Crippen LogP contribution in [-0.4, -0.2) is 53.9 Å². The van der Waals surface area contributed by atoms with E-state index in [1.807, 2.05) is 59.5 Å². The summed E-state index contributed by atoms with van der Waals surface area (Å²) in [6, 6.07) is 19.8. The van der Waals surface area contributed by atoms with Gasteiger partial charge in [0.15, 0.2) is 0 Å². The minimum absolute atomic E-state index is 0.0259. The van der Waals surface area contributed by atoms with Gasteiger partial charge < -0.3 is 14.5 Å². The molecular formula is C24H28N4O2. The molecule has 1 fully saturated rings. The SMILES string of the molecule is COc1ccccc1N1CCN(C(=O)c2cc(C(C)C)nn2-c2ccccc2)CC1. The quantitative estimate of drug-likeness (QED) is 0.646. The standard InChI is InChI=1S/C24H28N4O2/c1-18(2)20-17-22(28(25-20)19-9-5-4-6-10-19)24(29)27-15-13-26(14-16-27)21-11-7-8-12-23(21)30-3/h4-12,17-18H,13-16H2,1-3H3. The Labute approximate surface area is 177 Å². The summed E-state index contributed by atoms with van der Waals surface area (Å²) in [5.41, 5.74) is 3.52. The Bertz CT molecular complexity index is 1010. The van der Waals surface area contributed by atoms with E-state index in [0.29, 0.717) is 18.8 Å². The maximum Gasteiger partial charge on any atom is 0.272 e. The van der Waals surface area contributed by atoms with Crippen LogP contribution in [0, 0.1) is 0 Å². The second kappa shape index (κ2) is 8.61. The van der Waals surface area contributed by atoms with Crippen LogP contribution in [0.3, 0.4) is 0 Å². The third kappa shape index (κ3) is 3.90. The fourth-order valence-electron chi connectivity index (χ4n) is 3.80. The van der Waals surface area contributed by atoms with Gasteiger partial charge in [0.1, 0.15) is 11.4 Å². The molecule has 30 heavy (non-hydrogen) atoms. The molecule has 2 aromatic carbocycles. The molecule has 0 unspecified atom stereocenters. The third-order valence-corrected chi connectivity index (χ3v) is 5.53. The minimum atomic E-state index is 0.0259. The zero-order chi connectivity index (χ0) is 21.1. The molecule has 1 aliphatic rings. The van der Waals surface area contributed by atoms with Gasteiger partial charge in [-0.3, -0.25) is 4.79 Å². The maximum absolute atomic E-state index is 13.4. The van der Waals surface area contributed by atoms with Gasteiger partial charge in [-0.25, -0.2) is 4.68 Å². The van der Waals surface area contributed by atoms with Crippen molar-refractivity contribution in [2.45, 2.75) is 19.8 Å². The Morgan fingerprint density at radius 1 is 0.967 bits per heavy atom. The molecule has 1 aliphatic heterocycles. The van der Waals surface area contributed by atoms with Gasteiger partial charge in [-0.05, 0) is 36.2 Å². The van der Waals surface area contributed by atoms with Crippen molar-refractivity contribution in [1.29, 1.82) is 0 Å². The maximum atomic E-state index is 13.4. The molecule has 2 heterocycles. The lowest BCUT2D eigenvalue weighted by Crippen LogP contribution is -2.49. The highest BCUT2D eigenvalue weighted by atomic mass is 16.5. The van der Waals surface area contributed by atoms with E-state index in [9.17, 15) is 4.79 Å². The second-order valence-corrected chi connectivity index (χ2v) is 7.81. The van der Waals surface area contributed by atoms with Crippen LogP contribution in [0.15, 0.2) is 60.7 Å². The average molecular weight is 405 g/mol. The molecule has 1 amide bonds. The summed E-state index contributed by atoms with van der Waals surface area (Å²) >= 11 is 0. The number of hydrogen-bond acceptors (Lipinski definition) is 4. The lowest BCUT2D eigenvalue weighted by Gasteiger charge is -2.36. The molecule has 0 aliphatic carbocycles. The van der Waals surface area contributed by atoms with E-state index >= 15 is 0 Å². The first-order valence-corrected chi connectivity index (χ1v) is 10.4. The van der Waals surface area contributed by atoms with Gasteiger partial charge in [-0.1, -0.05) is 44.2 Å². The highest BCUT2D eigenvalue weighted by molar-refractivity contribution is 5.93. The van der Waals surface area contributed by atoms with Gasteiger partial charge >= 0.3 is 0 Å². The number of carbonyl (C=O) groups excluding carboxylic acids is 1. The topological polar surface area (TPSA) is 50.6 Å². The summed E-state index contributed by atoms with van der Waals surface area (Å²) in [7, 11) is 1.69. The van der Waals surface area contributed by atoms with Crippen molar-refractivity contribution in [1.82, 2.24) is 14.7 Å². The highest BCUT2D eigenvalue weighted by Crippen LogP contribution is 2.29. The molecule has 4 rings (SSSR count). The summed E-state index contributed by atoms with van der Waals surface area (Å²) in [6.07, 6.45) is 0. The van der Waals surface area contributed by atoms with Crippen molar-refractivity contribution in [2.24, 2.45) is 0 Å². The number of methoxy groups -OCH3 is 1. The van der Waals surface area contributed by atoms with Gasteiger partial charge in [-0.2, -0.15) is 5.10 Å². The predicted molar refractivity (Wildman–Crippen MR) is 119 cm³/mol. The van der Waals surface area contributed by atoms with Crippen LogP contribution in [0.25, 0.3) is 5.69 Å². The Morgan fingerprint density at radius 2 is 1.63 bits per heavy atom. The fraction of sp³-hybridized carbons (Fsp3) is 0.333. The molecule has 0 spiro atoms. The van der Waals surface area contributed by atoms with Crippen molar-refractivity contribution >= 4 is 11.6 Å². The van der Waals surface area contributed by atoms with Crippen molar-refractivity contribution in [3.05, 3.63) is 72.1 Å². The van der Waals surface area contributed by atoms with E-state index in [0.717, 1.165) is 35.9 Å². The van der Waals surface area contributed by atoms with Crippen LogP contribution in [0.4, 0.5) is 5.69 Å². The van der Waals surface area contributed by atoms with E-state index in [1.165, 1.54) is 0 Å². The van der Waals surface area contributed by atoms with E-state index < -0.39 is 0 Å². The summed E-state index contributed by atoms with van der Waals surface area (Å²) < 4.78 is 7.28. The van der Waals surface area contributed by atoms with Crippen LogP contribution in [0.2, 0.25) is 0 Å². The number of anilines is 1. The first-order valence-electron chi connectivity index (χ1n) is 10.4.